The zero-order valence-electron chi connectivity index (χ0n) is 4.63. The minimum Gasteiger partial charge on any atom is -0.200 e. The molecule has 9 heavy (non-hydrogen) atoms. The molecule has 0 unspecified atom stereocenters. The molecule has 1 fully saturated rings. The van der Waals surface area contributed by atoms with Gasteiger partial charge < -0.3 is 0 Å². The van der Waals surface area contributed by atoms with Gasteiger partial charge in [0.25, 0.3) is 0 Å². The van der Waals surface area contributed by atoms with Crippen LogP contribution in [-0.4, -0.2) is 11.8 Å². The normalized spacial score (nSPS) is 30.7. The van der Waals surface area contributed by atoms with Gasteiger partial charge >= 0.3 is 11.8 Å². The fraction of sp³-hybridized carbons (Fsp3) is 1.00. The molecule has 0 atom stereocenters. The fourth-order valence-electron chi connectivity index (χ4n) is 0.898. The lowest BCUT2D eigenvalue weighted by atomic mass is 10.2. The molecular weight excluding hydrogens is 136 g/mol. The Morgan fingerprint density at radius 1 is 0.778 bits per heavy atom. The van der Waals surface area contributed by atoms with E-state index in [-0.39, 0.29) is 6.42 Å². The van der Waals surface area contributed by atoms with Crippen LogP contribution in [0.3, 0.4) is 0 Å². The first-order chi connectivity index (χ1) is 3.96. The summed E-state index contributed by atoms with van der Waals surface area (Å²) in [6.07, 6.45) is -1.40. The van der Waals surface area contributed by atoms with Crippen molar-refractivity contribution in [3.8, 4) is 0 Å². The Hall–Kier alpha value is -0.280. The van der Waals surface area contributed by atoms with Crippen molar-refractivity contribution in [3.05, 3.63) is 0 Å². The van der Waals surface area contributed by atoms with Crippen molar-refractivity contribution >= 4 is 0 Å². The fourth-order valence-corrected chi connectivity index (χ4v) is 0.898. The van der Waals surface area contributed by atoms with Crippen LogP contribution in [0.4, 0.5) is 17.6 Å². The van der Waals surface area contributed by atoms with Gasteiger partial charge in [-0.05, 0) is 6.42 Å². The van der Waals surface area contributed by atoms with Gasteiger partial charge in [0, 0.05) is 12.8 Å². The smallest absolute Gasteiger partial charge is 0.200 e. The van der Waals surface area contributed by atoms with Crippen LogP contribution < -0.4 is 0 Å². The van der Waals surface area contributed by atoms with E-state index in [1.807, 2.05) is 0 Å². The zero-order valence-corrected chi connectivity index (χ0v) is 4.63. The molecule has 1 rings (SSSR count). The van der Waals surface area contributed by atoms with Crippen molar-refractivity contribution in [2.75, 3.05) is 0 Å². The van der Waals surface area contributed by atoms with Crippen LogP contribution in [0.25, 0.3) is 0 Å². The average molecular weight is 142 g/mol. The highest BCUT2D eigenvalue weighted by Crippen LogP contribution is 2.47. The van der Waals surface area contributed by atoms with Crippen molar-refractivity contribution in [1.29, 1.82) is 0 Å². The van der Waals surface area contributed by atoms with E-state index in [1.54, 1.807) is 0 Å². The second-order valence-corrected chi connectivity index (χ2v) is 2.26. The summed E-state index contributed by atoms with van der Waals surface area (Å²) in [5.74, 6) is -7.49. The van der Waals surface area contributed by atoms with E-state index in [1.165, 1.54) is 0 Å². The molecule has 1 saturated carbocycles. The molecule has 4 heteroatoms. The van der Waals surface area contributed by atoms with E-state index in [9.17, 15) is 17.6 Å². The molecule has 54 valence electrons. The van der Waals surface area contributed by atoms with Gasteiger partial charge in [-0.15, -0.1) is 0 Å². The average Bonchev–Trinajstić information content (AvgIpc) is 1.81. The Morgan fingerprint density at radius 2 is 1.11 bits per heavy atom. The van der Waals surface area contributed by atoms with Crippen LogP contribution in [0, 0.1) is 0 Å². The van der Waals surface area contributed by atoms with E-state index < -0.39 is 24.7 Å². The van der Waals surface area contributed by atoms with Gasteiger partial charge in [0.1, 0.15) is 0 Å². The Kier molecular flexibility index (Phi) is 1.22. The first-order valence-corrected chi connectivity index (χ1v) is 2.71. The van der Waals surface area contributed by atoms with Crippen molar-refractivity contribution in [3.63, 3.8) is 0 Å². The van der Waals surface area contributed by atoms with Gasteiger partial charge in [-0.2, -0.15) is 17.6 Å². The lowest BCUT2D eigenvalue weighted by Crippen LogP contribution is -2.33. The van der Waals surface area contributed by atoms with E-state index in [2.05, 4.69) is 0 Å². The van der Waals surface area contributed by atoms with E-state index in [0.29, 0.717) is 0 Å². The molecule has 0 spiro atoms. The Labute approximate surface area is 49.9 Å². The number of rotatable bonds is 0. The summed E-state index contributed by atoms with van der Waals surface area (Å²) in [6, 6.07) is 0. The lowest BCUT2D eigenvalue weighted by Gasteiger charge is -2.16. The third-order valence-corrected chi connectivity index (χ3v) is 1.52. The van der Waals surface area contributed by atoms with Crippen LogP contribution in [-0.2, 0) is 0 Å². The summed E-state index contributed by atoms with van der Waals surface area (Å²) in [4.78, 5) is 0. The van der Waals surface area contributed by atoms with Gasteiger partial charge in [-0.1, -0.05) is 0 Å². The van der Waals surface area contributed by atoms with Gasteiger partial charge in [0.2, 0.25) is 0 Å². The number of hydrogen-bond acceptors (Lipinski definition) is 0. The standard InChI is InChI=1S/C5H6F4/c6-4(7)2-1-3-5(4,8)9/h1-3H2. The maximum Gasteiger partial charge on any atom is 0.310 e. The quantitative estimate of drug-likeness (QED) is 0.455. The van der Waals surface area contributed by atoms with Crippen LogP contribution in [0.15, 0.2) is 0 Å². The van der Waals surface area contributed by atoms with Gasteiger partial charge in [-0.3, -0.25) is 0 Å². The molecule has 0 N–H and O–H groups in total. The molecule has 0 bridgehead atoms. The summed E-state index contributed by atoms with van der Waals surface area (Å²) >= 11 is 0. The molecule has 1 aliphatic rings. The third-order valence-electron chi connectivity index (χ3n) is 1.52. The number of alkyl halides is 4. The summed E-state index contributed by atoms with van der Waals surface area (Å²) in [7, 11) is 0. The summed E-state index contributed by atoms with van der Waals surface area (Å²) < 4.78 is 47.9. The Morgan fingerprint density at radius 3 is 1.22 bits per heavy atom. The highest BCUT2D eigenvalue weighted by atomic mass is 19.3. The maximum atomic E-state index is 12.0. The summed E-state index contributed by atoms with van der Waals surface area (Å²) in [6.45, 7) is 0. The predicted octanol–water partition coefficient (Wildman–Crippen LogP) is 2.44. The molecule has 0 aliphatic heterocycles. The van der Waals surface area contributed by atoms with Crippen LogP contribution >= 0.6 is 0 Å². The maximum absolute atomic E-state index is 12.0. The molecule has 0 aromatic carbocycles. The largest absolute Gasteiger partial charge is 0.310 e. The van der Waals surface area contributed by atoms with Gasteiger partial charge in [-0.25, -0.2) is 0 Å². The second-order valence-electron chi connectivity index (χ2n) is 2.26. The third kappa shape index (κ3) is 0.904. The van der Waals surface area contributed by atoms with Crippen LogP contribution in [0.1, 0.15) is 19.3 Å². The van der Waals surface area contributed by atoms with Crippen molar-refractivity contribution in [1.82, 2.24) is 0 Å². The van der Waals surface area contributed by atoms with Crippen LogP contribution in [0.5, 0.6) is 0 Å². The number of halogens is 4. The summed E-state index contributed by atoms with van der Waals surface area (Å²) in [5.41, 5.74) is 0. The first-order valence-electron chi connectivity index (χ1n) is 2.71. The zero-order chi connectivity index (χ0) is 7.12. The highest BCUT2D eigenvalue weighted by Gasteiger charge is 2.59. The highest BCUT2D eigenvalue weighted by molar-refractivity contribution is 4.90. The molecule has 0 heterocycles. The monoisotopic (exact) mass is 142 g/mol. The molecule has 0 saturated heterocycles. The first kappa shape index (κ1) is 6.83. The molecular formula is C5H6F4. The van der Waals surface area contributed by atoms with Crippen LogP contribution in [0.2, 0.25) is 0 Å². The molecule has 1 aliphatic carbocycles. The second kappa shape index (κ2) is 1.61. The van der Waals surface area contributed by atoms with Gasteiger partial charge in [0.15, 0.2) is 0 Å². The summed E-state index contributed by atoms with van der Waals surface area (Å²) in [5, 5.41) is 0. The van der Waals surface area contributed by atoms with E-state index in [0.717, 1.165) is 0 Å². The molecule has 0 aromatic heterocycles. The van der Waals surface area contributed by atoms with E-state index in [4.69, 9.17) is 0 Å². The van der Waals surface area contributed by atoms with Gasteiger partial charge in [0.05, 0.1) is 0 Å². The molecule has 0 aromatic rings. The Balaban J connectivity index is 2.75. The topological polar surface area (TPSA) is 0 Å². The molecule has 0 amide bonds. The minimum atomic E-state index is -3.74. The Bertz CT molecular complexity index is 104. The SMILES string of the molecule is FC1(F)CCCC1(F)F. The van der Waals surface area contributed by atoms with Crippen molar-refractivity contribution in [2.24, 2.45) is 0 Å². The lowest BCUT2D eigenvalue weighted by molar-refractivity contribution is -0.185. The van der Waals surface area contributed by atoms with E-state index >= 15 is 0 Å². The molecule has 0 radical (unpaired) electrons. The number of hydrogen-bond donors (Lipinski definition) is 0. The minimum absolute atomic E-state index is 0.0694. The van der Waals surface area contributed by atoms with Crippen molar-refractivity contribution in [2.45, 2.75) is 31.1 Å². The molecule has 0 nitrogen and oxygen atoms in total. The van der Waals surface area contributed by atoms with Crippen molar-refractivity contribution < 1.29 is 17.6 Å². The predicted molar refractivity (Wildman–Crippen MR) is 23.7 cm³/mol.